The zero-order chi connectivity index (χ0) is 14.5. The molecule has 0 fully saturated rings. The van der Waals surface area contributed by atoms with Crippen LogP contribution in [0.15, 0.2) is 41.5 Å². The number of hydrogen-bond donors (Lipinski definition) is 1. The molecule has 0 unspecified atom stereocenters. The van der Waals surface area contributed by atoms with Gasteiger partial charge in [-0.25, -0.2) is 0 Å². The molecule has 2 aromatic rings. The van der Waals surface area contributed by atoms with E-state index in [1.165, 1.54) is 0 Å². The highest BCUT2D eigenvalue weighted by molar-refractivity contribution is 5.91. The van der Waals surface area contributed by atoms with Crippen LogP contribution in [-0.4, -0.2) is 24.2 Å². The average molecular weight is 271 g/mol. The summed E-state index contributed by atoms with van der Waals surface area (Å²) in [6.07, 6.45) is 0.143. The second-order valence-corrected chi connectivity index (χ2v) is 4.24. The lowest BCUT2D eigenvalue weighted by molar-refractivity contribution is -0.138. The van der Waals surface area contributed by atoms with Gasteiger partial charge in [-0.05, 0) is 29.0 Å². The highest BCUT2D eigenvalue weighted by Crippen LogP contribution is 2.29. The Labute approximate surface area is 115 Å². The van der Waals surface area contributed by atoms with E-state index in [2.05, 4.69) is 10.0 Å². The van der Waals surface area contributed by atoms with Crippen LogP contribution < -0.4 is 4.74 Å². The molecule has 0 spiro atoms. The maximum absolute atomic E-state index is 11.1. The lowest BCUT2D eigenvalue weighted by Crippen LogP contribution is -2.20. The molecule has 0 saturated heterocycles. The van der Waals surface area contributed by atoms with E-state index in [0.717, 1.165) is 22.1 Å². The third kappa shape index (κ3) is 2.65. The molecule has 1 N–H and O–H groups in total. The Kier molecular flexibility index (Phi) is 4.08. The average Bonchev–Trinajstić information content (AvgIpc) is 2.46. The molecule has 0 aliphatic rings. The van der Waals surface area contributed by atoms with Crippen LogP contribution in [0.2, 0.25) is 0 Å². The maximum Gasteiger partial charge on any atom is 0.312 e. The Bertz CT molecular complexity index is 691. The zero-order valence-corrected chi connectivity index (χ0v) is 10.9. The number of benzene rings is 2. The molecule has 6 nitrogen and oxygen atoms in total. The fourth-order valence-corrected chi connectivity index (χ4v) is 2.14. The van der Waals surface area contributed by atoms with Crippen LogP contribution in [0.5, 0.6) is 5.75 Å². The summed E-state index contributed by atoms with van der Waals surface area (Å²) in [6, 6.07) is 10.0. The lowest BCUT2D eigenvalue weighted by Gasteiger charge is -2.12. The Balaban J connectivity index is 2.50. The molecule has 0 aliphatic carbocycles. The second-order valence-electron chi connectivity index (χ2n) is 4.24. The molecule has 0 aliphatic heterocycles. The minimum absolute atomic E-state index is 0.143. The van der Waals surface area contributed by atoms with Crippen LogP contribution in [0.3, 0.4) is 0 Å². The van der Waals surface area contributed by atoms with E-state index in [-0.39, 0.29) is 6.42 Å². The number of hydrogen-bond acceptors (Lipinski definition) is 3. The van der Waals surface area contributed by atoms with Gasteiger partial charge in [0, 0.05) is 10.3 Å². The molecule has 1 atom stereocenters. The predicted octanol–water partition coefficient (Wildman–Crippen LogP) is 3.15. The Morgan fingerprint density at radius 1 is 1.35 bits per heavy atom. The molecule has 0 aromatic heterocycles. The number of aliphatic carboxylic acids is 1. The molecule has 0 amide bonds. The van der Waals surface area contributed by atoms with Gasteiger partial charge >= 0.3 is 5.97 Å². The normalized spacial score (nSPS) is 11.7. The standard InChI is InChI=1S/C14H13N3O3/c1-20-13-7-6-9(8-12(14(18)19)16-17-15)10-4-2-3-5-11(10)13/h2-7,12H,8H2,1H3,(H,18,19)/t12-/m0/s1. The maximum atomic E-state index is 11.1. The summed E-state index contributed by atoms with van der Waals surface area (Å²) in [7, 11) is 1.58. The summed E-state index contributed by atoms with van der Waals surface area (Å²) in [5, 5.41) is 14.2. The molecule has 0 bridgehead atoms. The van der Waals surface area contributed by atoms with E-state index < -0.39 is 12.0 Å². The second kappa shape index (κ2) is 5.95. The smallest absolute Gasteiger partial charge is 0.312 e. The predicted molar refractivity (Wildman–Crippen MR) is 74.8 cm³/mol. The summed E-state index contributed by atoms with van der Waals surface area (Å²) in [5.41, 5.74) is 9.24. The van der Waals surface area contributed by atoms with Gasteiger partial charge in [0.15, 0.2) is 0 Å². The lowest BCUT2D eigenvalue weighted by atomic mass is 9.98. The number of methoxy groups -OCH3 is 1. The molecule has 2 aromatic carbocycles. The summed E-state index contributed by atoms with van der Waals surface area (Å²) in [6.45, 7) is 0. The van der Waals surface area contributed by atoms with Crippen LogP contribution in [0, 0.1) is 0 Å². The van der Waals surface area contributed by atoms with Gasteiger partial charge in [0.05, 0.1) is 7.11 Å². The van der Waals surface area contributed by atoms with Crippen molar-refractivity contribution in [2.75, 3.05) is 7.11 Å². The van der Waals surface area contributed by atoms with Crippen molar-refractivity contribution in [2.45, 2.75) is 12.5 Å². The van der Waals surface area contributed by atoms with Crippen LogP contribution in [-0.2, 0) is 11.2 Å². The fourth-order valence-electron chi connectivity index (χ4n) is 2.14. The van der Waals surface area contributed by atoms with E-state index in [1.807, 2.05) is 24.3 Å². The van der Waals surface area contributed by atoms with Gasteiger partial charge in [-0.1, -0.05) is 35.4 Å². The van der Waals surface area contributed by atoms with Gasteiger partial charge in [-0.3, -0.25) is 4.79 Å². The van der Waals surface area contributed by atoms with E-state index >= 15 is 0 Å². The Morgan fingerprint density at radius 3 is 2.65 bits per heavy atom. The van der Waals surface area contributed by atoms with E-state index in [1.54, 1.807) is 19.2 Å². The topological polar surface area (TPSA) is 95.3 Å². The quantitative estimate of drug-likeness (QED) is 0.514. The molecule has 6 heteroatoms. The molecule has 20 heavy (non-hydrogen) atoms. The molecule has 0 radical (unpaired) electrons. The van der Waals surface area contributed by atoms with Crippen molar-refractivity contribution < 1.29 is 14.6 Å². The molecular weight excluding hydrogens is 258 g/mol. The summed E-state index contributed by atoms with van der Waals surface area (Å²) < 4.78 is 5.28. The van der Waals surface area contributed by atoms with Crippen LogP contribution in [0.1, 0.15) is 5.56 Å². The van der Waals surface area contributed by atoms with Crippen molar-refractivity contribution in [2.24, 2.45) is 5.11 Å². The van der Waals surface area contributed by atoms with E-state index in [9.17, 15) is 4.79 Å². The number of nitrogens with zero attached hydrogens (tertiary/aromatic N) is 3. The first-order valence-corrected chi connectivity index (χ1v) is 5.99. The monoisotopic (exact) mass is 271 g/mol. The van der Waals surface area contributed by atoms with Gasteiger partial charge in [0.1, 0.15) is 11.8 Å². The van der Waals surface area contributed by atoms with Crippen LogP contribution in [0.25, 0.3) is 21.2 Å². The third-order valence-electron chi connectivity index (χ3n) is 3.08. The van der Waals surface area contributed by atoms with Crippen molar-refractivity contribution in [1.29, 1.82) is 0 Å². The van der Waals surface area contributed by atoms with Crippen molar-refractivity contribution in [3.8, 4) is 5.75 Å². The van der Waals surface area contributed by atoms with Gasteiger partial charge in [-0.2, -0.15) is 0 Å². The number of ether oxygens (including phenoxy) is 1. The van der Waals surface area contributed by atoms with Gasteiger partial charge in [0.25, 0.3) is 0 Å². The summed E-state index contributed by atoms with van der Waals surface area (Å²) in [4.78, 5) is 13.7. The summed E-state index contributed by atoms with van der Waals surface area (Å²) in [5.74, 6) is -0.414. The number of rotatable bonds is 5. The zero-order valence-electron chi connectivity index (χ0n) is 10.9. The summed E-state index contributed by atoms with van der Waals surface area (Å²) >= 11 is 0. The molecule has 2 rings (SSSR count). The van der Waals surface area contributed by atoms with Crippen LogP contribution in [0.4, 0.5) is 0 Å². The van der Waals surface area contributed by atoms with E-state index in [0.29, 0.717) is 0 Å². The first kappa shape index (κ1) is 13.7. The van der Waals surface area contributed by atoms with Crippen molar-refractivity contribution in [3.63, 3.8) is 0 Å². The van der Waals surface area contributed by atoms with Gasteiger partial charge in [0.2, 0.25) is 0 Å². The number of carboxylic acids is 1. The number of carbonyl (C=O) groups is 1. The number of fused-ring (bicyclic) bond motifs is 1. The highest BCUT2D eigenvalue weighted by Gasteiger charge is 2.18. The molecular formula is C14H13N3O3. The first-order valence-electron chi connectivity index (χ1n) is 5.99. The van der Waals surface area contributed by atoms with Crippen molar-refractivity contribution >= 4 is 16.7 Å². The Hall–Kier alpha value is -2.72. The fraction of sp³-hybridized carbons (Fsp3) is 0.214. The van der Waals surface area contributed by atoms with Crippen LogP contribution >= 0.6 is 0 Å². The molecule has 0 saturated carbocycles. The number of carboxylic acid groups (broad SMARTS) is 1. The van der Waals surface area contributed by atoms with E-state index in [4.69, 9.17) is 15.4 Å². The molecule has 0 heterocycles. The molecule has 102 valence electrons. The van der Waals surface area contributed by atoms with Crippen molar-refractivity contribution in [3.05, 3.63) is 52.4 Å². The minimum atomic E-state index is -1.14. The SMILES string of the molecule is COc1ccc(C[C@H](N=[N+]=[N-])C(=O)O)c2ccccc12. The van der Waals surface area contributed by atoms with Gasteiger partial charge in [-0.15, -0.1) is 0 Å². The van der Waals surface area contributed by atoms with Gasteiger partial charge < -0.3 is 9.84 Å². The van der Waals surface area contributed by atoms with Crippen molar-refractivity contribution in [1.82, 2.24) is 0 Å². The Morgan fingerprint density at radius 2 is 2.05 bits per heavy atom. The first-order chi connectivity index (χ1) is 9.67. The minimum Gasteiger partial charge on any atom is -0.496 e. The highest BCUT2D eigenvalue weighted by atomic mass is 16.5. The number of azide groups is 1. The largest absolute Gasteiger partial charge is 0.496 e. The third-order valence-corrected chi connectivity index (χ3v) is 3.08.